The number of furan rings is 1. The average molecular weight is 235 g/mol. The molecule has 1 aromatic heterocycles. The molecule has 84 valence electrons. The van der Waals surface area contributed by atoms with Crippen LogP contribution >= 0.6 is 12.4 Å². The Kier molecular flexibility index (Phi) is 4.07. The molecule has 0 amide bonds. The van der Waals surface area contributed by atoms with Crippen LogP contribution in [0, 0.1) is 10.1 Å². The molecular formula is C8H11ClN2O4. The first-order valence-corrected chi connectivity index (χ1v) is 4.32. The summed E-state index contributed by atoms with van der Waals surface area (Å²) in [6, 6.07) is 2.88. The molecule has 0 aliphatic carbocycles. The fourth-order valence-electron chi connectivity index (χ4n) is 1.38. The zero-order valence-electron chi connectivity index (χ0n) is 7.84. The van der Waals surface area contributed by atoms with E-state index in [0.29, 0.717) is 19.0 Å². The monoisotopic (exact) mass is 234 g/mol. The molecule has 0 aromatic carbocycles. The summed E-state index contributed by atoms with van der Waals surface area (Å²) in [7, 11) is 0. The van der Waals surface area contributed by atoms with Gasteiger partial charge in [-0.25, -0.2) is 0 Å². The Morgan fingerprint density at radius 3 is 2.87 bits per heavy atom. The van der Waals surface area contributed by atoms with Gasteiger partial charge in [0.25, 0.3) is 0 Å². The van der Waals surface area contributed by atoms with E-state index < -0.39 is 4.92 Å². The predicted octanol–water partition coefficient (Wildman–Crippen LogP) is 1.27. The third kappa shape index (κ3) is 2.68. The number of nitro groups is 1. The molecule has 7 heteroatoms. The van der Waals surface area contributed by atoms with Crippen LogP contribution in [0.15, 0.2) is 16.5 Å². The maximum Gasteiger partial charge on any atom is 0.433 e. The summed E-state index contributed by atoms with van der Waals surface area (Å²) >= 11 is 0. The standard InChI is InChI=1S/C8H10N2O4.ClH/c11-10(12)8-2-1-7(14-8)6-5-13-4-3-9-6;/h1-2,6,9H,3-5H2;1H/t6-;/m0./s1. The van der Waals surface area contributed by atoms with Crippen molar-refractivity contribution in [2.45, 2.75) is 6.04 Å². The summed E-state index contributed by atoms with van der Waals surface area (Å²) in [5.41, 5.74) is 0. The lowest BCUT2D eigenvalue weighted by Crippen LogP contribution is -2.34. The normalized spacial score (nSPS) is 20.7. The van der Waals surface area contributed by atoms with Crippen molar-refractivity contribution in [2.75, 3.05) is 19.8 Å². The summed E-state index contributed by atoms with van der Waals surface area (Å²) in [6.07, 6.45) is 0. The van der Waals surface area contributed by atoms with Crippen molar-refractivity contribution < 1.29 is 14.1 Å². The van der Waals surface area contributed by atoms with Gasteiger partial charge in [-0.15, -0.1) is 12.4 Å². The molecule has 0 spiro atoms. The summed E-state index contributed by atoms with van der Waals surface area (Å²) in [5.74, 6) is 0.323. The van der Waals surface area contributed by atoms with Gasteiger partial charge in [-0.1, -0.05) is 0 Å². The van der Waals surface area contributed by atoms with Crippen LogP contribution in [0.4, 0.5) is 5.88 Å². The molecule has 2 rings (SSSR count). The first-order valence-electron chi connectivity index (χ1n) is 4.32. The molecule has 1 aliphatic heterocycles. The van der Waals surface area contributed by atoms with Crippen molar-refractivity contribution in [1.29, 1.82) is 0 Å². The summed E-state index contributed by atoms with van der Waals surface area (Å²) in [5, 5.41) is 13.5. The largest absolute Gasteiger partial charge is 0.433 e. The van der Waals surface area contributed by atoms with Crippen molar-refractivity contribution in [1.82, 2.24) is 5.32 Å². The number of halogens is 1. The third-order valence-electron chi connectivity index (χ3n) is 2.06. The topological polar surface area (TPSA) is 77.5 Å². The number of hydrogen-bond acceptors (Lipinski definition) is 5. The lowest BCUT2D eigenvalue weighted by Gasteiger charge is -2.21. The van der Waals surface area contributed by atoms with E-state index in [2.05, 4.69) is 5.32 Å². The maximum atomic E-state index is 10.4. The molecule has 1 N–H and O–H groups in total. The van der Waals surface area contributed by atoms with E-state index in [1.807, 2.05) is 0 Å². The number of nitrogens with zero attached hydrogens (tertiary/aromatic N) is 1. The second kappa shape index (κ2) is 5.11. The van der Waals surface area contributed by atoms with Gasteiger partial charge in [0.15, 0.2) is 0 Å². The van der Waals surface area contributed by atoms with Crippen LogP contribution < -0.4 is 5.32 Å². The Bertz CT molecular complexity index is 335. The molecule has 0 bridgehead atoms. The number of ether oxygens (including phenoxy) is 1. The lowest BCUT2D eigenvalue weighted by atomic mass is 10.2. The molecule has 1 saturated heterocycles. The number of nitrogens with one attached hydrogen (secondary N) is 1. The van der Waals surface area contributed by atoms with E-state index in [4.69, 9.17) is 9.15 Å². The van der Waals surface area contributed by atoms with Crippen LogP contribution in [-0.2, 0) is 4.74 Å². The van der Waals surface area contributed by atoms with Gasteiger partial charge in [-0.3, -0.25) is 10.1 Å². The Morgan fingerprint density at radius 2 is 2.33 bits per heavy atom. The second-order valence-corrected chi connectivity index (χ2v) is 3.01. The van der Waals surface area contributed by atoms with Gasteiger partial charge in [0.2, 0.25) is 0 Å². The van der Waals surface area contributed by atoms with Crippen molar-refractivity contribution in [3.05, 3.63) is 28.0 Å². The highest BCUT2D eigenvalue weighted by Crippen LogP contribution is 2.22. The van der Waals surface area contributed by atoms with Crippen molar-refractivity contribution in [3.8, 4) is 0 Å². The van der Waals surface area contributed by atoms with Crippen LogP contribution in [0.2, 0.25) is 0 Å². The third-order valence-corrected chi connectivity index (χ3v) is 2.06. The fourth-order valence-corrected chi connectivity index (χ4v) is 1.38. The van der Waals surface area contributed by atoms with Gasteiger partial charge in [0.05, 0.1) is 25.3 Å². The van der Waals surface area contributed by atoms with E-state index in [0.717, 1.165) is 6.54 Å². The number of hydrogen-bond donors (Lipinski definition) is 1. The van der Waals surface area contributed by atoms with Gasteiger partial charge in [-0.2, -0.15) is 0 Å². The van der Waals surface area contributed by atoms with E-state index >= 15 is 0 Å². The van der Waals surface area contributed by atoms with Crippen LogP contribution in [0.25, 0.3) is 0 Å². The summed E-state index contributed by atoms with van der Waals surface area (Å²) < 4.78 is 10.3. The first-order chi connectivity index (χ1) is 6.77. The van der Waals surface area contributed by atoms with Crippen molar-refractivity contribution >= 4 is 18.3 Å². The highest BCUT2D eigenvalue weighted by molar-refractivity contribution is 5.85. The van der Waals surface area contributed by atoms with Gasteiger partial charge in [-0.05, 0) is 6.07 Å². The number of morpholine rings is 1. The smallest absolute Gasteiger partial charge is 0.404 e. The van der Waals surface area contributed by atoms with Gasteiger partial charge >= 0.3 is 5.88 Å². The molecule has 0 unspecified atom stereocenters. The van der Waals surface area contributed by atoms with Gasteiger partial charge in [0.1, 0.15) is 10.7 Å². The fraction of sp³-hybridized carbons (Fsp3) is 0.500. The maximum absolute atomic E-state index is 10.4. The highest BCUT2D eigenvalue weighted by atomic mass is 35.5. The Hall–Kier alpha value is -1.11. The highest BCUT2D eigenvalue weighted by Gasteiger charge is 2.21. The molecular weight excluding hydrogens is 224 g/mol. The van der Waals surface area contributed by atoms with E-state index in [1.54, 1.807) is 6.07 Å². The van der Waals surface area contributed by atoms with Gasteiger partial charge < -0.3 is 14.5 Å². The number of rotatable bonds is 2. The minimum atomic E-state index is -0.548. The Labute approximate surface area is 92.1 Å². The van der Waals surface area contributed by atoms with Crippen LogP contribution in [0.3, 0.4) is 0 Å². The van der Waals surface area contributed by atoms with E-state index in [-0.39, 0.29) is 24.3 Å². The minimum Gasteiger partial charge on any atom is -0.404 e. The molecule has 6 nitrogen and oxygen atoms in total. The second-order valence-electron chi connectivity index (χ2n) is 3.01. The SMILES string of the molecule is Cl.O=[N+]([O-])c1ccc([C@@H]2COCCN2)o1. The van der Waals surface area contributed by atoms with Crippen LogP contribution in [0.5, 0.6) is 0 Å². The van der Waals surface area contributed by atoms with Crippen LogP contribution in [-0.4, -0.2) is 24.7 Å². The Balaban J connectivity index is 0.00000112. The molecule has 1 aliphatic rings. The molecule has 1 aromatic rings. The zero-order valence-corrected chi connectivity index (χ0v) is 8.66. The lowest BCUT2D eigenvalue weighted by molar-refractivity contribution is -0.402. The Morgan fingerprint density at radius 1 is 1.53 bits per heavy atom. The van der Waals surface area contributed by atoms with E-state index in [1.165, 1.54) is 6.07 Å². The molecule has 1 atom stereocenters. The first kappa shape index (κ1) is 12.0. The molecule has 1 fully saturated rings. The zero-order chi connectivity index (χ0) is 9.97. The average Bonchev–Trinajstić information content (AvgIpc) is 2.68. The minimum absolute atomic E-state index is 0. The van der Waals surface area contributed by atoms with E-state index in [9.17, 15) is 10.1 Å². The summed E-state index contributed by atoms with van der Waals surface area (Å²) in [6.45, 7) is 1.89. The molecule has 0 saturated carbocycles. The van der Waals surface area contributed by atoms with Gasteiger partial charge in [0, 0.05) is 6.54 Å². The predicted molar refractivity (Wildman–Crippen MR) is 54.2 cm³/mol. The molecule has 15 heavy (non-hydrogen) atoms. The summed E-state index contributed by atoms with van der Waals surface area (Å²) in [4.78, 5) is 9.81. The van der Waals surface area contributed by atoms with Crippen molar-refractivity contribution in [3.63, 3.8) is 0 Å². The molecule has 2 heterocycles. The van der Waals surface area contributed by atoms with Crippen molar-refractivity contribution in [2.24, 2.45) is 0 Å². The molecule has 0 radical (unpaired) electrons. The van der Waals surface area contributed by atoms with Crippen LogP contribution in [0.1, 0.15) is 11.8 Å². The quantitative estimate of drug-likeness (QED) is 0.616.